The van der Waals surface area contributed by atoms with E-state index >= 15 is 0 Å². The Morgan fingerprint density at radius 2 is 2.03 bits per heavy atom. The van der Waals surface area contributed by atoms with Crippen molar-refractivity contribution in [1.82, 2.24) is 24.1 Å². The van der Waals surface area contributed by atoms with Gasteiger partial charge in [0.1, 0.15) is 6.04 Å². The monoisotopic (exact) mass is 537 g/mol. The zero-order chi connectivity index (χ0) is 24.6. The first-order valence-corrected chi connectivity index (χ1v) is 14.7. The minimum absolute atomic E-state index is 0. The lowest BCUT2D eigenvalue weighted by molar-refractivity contribution is -0.126. The topological polar surface area (TPSA) is 102 Å². The van der Waals surface area contributed by atoms with Gasteiger partial charge in [0.05, 0.1) is 17.3 Å². The Morgan fingerprint density at radius 1 is 1.22 bits per heavy atom. The minimum Gasteiger partial charge on any atom is -0.412 e. The fourth-order valence-electron chi connectivity index (χ4n) is 5.35. The third-order valence-corrected chi connectivity index (χ3v) is 8.68. The average Bonchev–Trinajstić information content (AvgIpc) is 3.29. The molecule has 200 valence electrons. The van der Waals surface area contributed by atoms with Crippen LogP contribution in [0, 0.1) is 5.92 Å². The first-order chi connectivity index (χ1) is 17.0. The van der Waals surface area contributed by atoms with E-state index < -0.39 is 11.0 Å². The van der Waals surface area contributed by atoms with Crippen LogP contribution in [0.3, 0.4) is 0 Å². The van der Waals surface area contributed by atoms with Crippen molar-refractivity contribution in [3.05, 3.63) is 53.1 Å². The Balaban J connectivity index is 0.00000361. The summed E-state index contributed by atoms with van der Waals surface area (Å²) < 4.78 is 16.3. The molecular formula is C26H40ClN5O3S. The molecule has 1 aliphatic carbocycles. The molecular weight excluding hydrogens is 498 g/mol. The molecule has 3 N–H and O–H groups in total. The van der Waals surface area contributed by atoms with Gasteiger partial charge in [-0.1, -0.05) is 55.8 Å². The summed E-state index contributed by atoms with van der Waals surface area (Å²) >= 11 is 6.12. The summed E-state index contributed by atoms with van der Waals surface area (Å²) in [4.78, 5) is 19.8. The fraction of sp³-hybridized carbons (Fsp3) is 0.615. The van der Waals surface area contributed by atoms with Gasteiger partial charge in [0, 0.05) is 62.3 Å². The Kier molecular flexibility index (Phi) is 11.4. The number of imidazole rings is 1. The minimum atomic E-state index is -1.17. The summed E-state index contributed by atoms with van der Waals surface area (Å²) in [7, 11) is -1.17. The van der Waals surface area contributed by atoms with Crippen molar-refractivity contribution in [3.8, 4) is 0 Å². The highest BCUT2D eigenvalue weighted by Gasteiger charge is 2.34. The van der Waals surface area contributed by atoms with Crippen molar-refractivity contribution in [2.24, 2.45) is 5.92 Å². The summed E-state index contributed by atoms with van der Waals surface area (Å²) in [6, 6.07) is 7.43. The highest BCUT2D eigenvalue weighted by Crippen LogP contribution is 2.27. The molecule has 1 aliphatic heterocycles. The van der Waals surface area contributed by atoms with Gasteiger partial charge in [0.15, 0.2) is 0 Å². The molecule has 1 saturated heterocycles. The van der Waals surface area contributed by atoms with E-state index in [0.717, 1.165) is 35.3 Å². The third-order valence-electron chi connectivity index (χ3n) is 7.35. The molecule has 2 fully saturated rings. The number of piperazine rings is 1. The van der Waals surface area contributed by atoms with Gasteiger partial charge in [0.25, 0.3) is 0 Å². The van der Waals surface area contributed by atoms with Crippen molar-refractivity contribution in [3.63, 3.8) is 0 Å². The standard InChI is InChI=1S/C26H38ClN5O2S.H2O/c1-35(34)32-15-14-30(13-11-21-6-3-2-4-7-21)19-25(32)26(33)29-12-10-24-17-28-20-31(24)18-22-8-5-9-23(27)16-22;/h5,8-9,16-17,20-21,25H,2-4,6-7,10-15,18-19H2,1H3,(H,29,33);1H2. The summed E-state index contributed by atoms with van der Waals surface area (Å²) in [6.07, 6.45) is 14.0. The maximum absolute atomic E-state index is 13.2. The second-order valence-corrected chi connectivity index (χ2v) is 11.6. The molecule has 1 aromatic heterocycles. The van der Waals surface area contributed by atoms with Crippen LogP contribution in [-0.2, 0) is 28.7 Å². The number of benzene rings is 1. The van der Waals surface area contributed by atoms with E-state index in [4.69, 9.17) is 11.6 Å². The number of aromatic nitrogens is 2. The molecule has 8 nitrogen and oxygen atoms in total. The lowest BCUT2D eigenvalue weighted by Gasteiger charge is -2.39. The van der Waals surface area contributed by atoms with Gasteiger partial charge in [-0.3, -0.25) is 9.69 Å². The van der Waals surface area contributed by atoms with E-state index in [1.165, 1.54) is 38.5 Å². The molecule has 0 spiro atoms. The molecule has 1 aromatic carbocycles. The number of carbonyl (C=O) groups is 1. The molecule has 1 saturated carbocycles. The highest BCUT2D eigenvalue weighted by atomic mass is 35.5. The number of amides is 1. The molecule has 2 aromatic rings. The predicted molar refractivity (Wildman–Crippen MR) is 145 cm³/mol. The quantitative estimate of drug-likeness (QED) is 0.503. The smallest absolute Gasteiger partial charge is 0.239 e. The van der Waals surface area contributed by atoms with Gasteiger partial charge in [-0.15, -0.1) is 0 Å². The maximum Gasteiger partial charge on any atom is 0.239 e. The Hall–Kier alpha value is -1.78. The first-order valence-electron chi connectivity index (χ1n) is 12.8. The van der Waals surface area contributed by atoms with Crippen LogP contribution in [0.1, 0.15) is 49.8 Å². The number of halogens is 1. The van der Waals surface area contributed by atoms with E-state index in [2.05, 4.69) is 19.8 Å². The first kappa shape index (κ1) is 28.8. The summed E-state index contributed by atoms with van der Waals surface area (Å²) in [5.74, 6) is 0.787. The van der Waals surface area contributed by atoms with Crippen molar-refractivity contribution in [2.75, 3.05) is 39.0 Å². The van der Waals surface area contributed by atoms with Crippen LogP contribution in [0.25, 0.3) is 0 Å². The number of nitrogens with zero attached hydrogens (tertiary/aromatic N) is 4. The van der Waals surface area contributed by atoms with Crippen LogP contribution in [0.5, 0.6) is 0 Å². The number of carbonyl (C=O) groups excluding carboxylic acids is 1. The SMILES string of the molecule is CS(=O)N1CCN(CCC2CCCCC2)CC1C(=O)NCCc1cncn1Cc1cccc(Cl)c1.O. The summed E-state index contributed by atoms with van der Waals surface area (Å²) in [5, 5.41) is 3.82. The van der Waals surface area contributed by atoms with Gasteiger partial charge in [-0.25, -0.2) is 13.5 Å². The molecule has 2 unspecified atom stereocenters. The molecule has 36 heavy (non-hydrogen) atoms. The summed E-state index contributed by atoms with van der Waals surface area (Å²) in [5.41, 5.74) is 2.16. The second kappa shape index (κ2) is 14.2. The Morgan fingerprint density at radius 3 is 2.78 bits per heavy atom. The van der Waals surface area contributed by atoms with Gasteiger partial charge >= 0.3 is 0 Å². The number of hydrogen-bond donors (Lipinski definition) is 1. The Labute approximate surface area is 222 Å². The zero-order valence-electron chi connectivity index (χ0n) is 21.2. The molecule has 2 aliphatic rings. The van der Waals surface area contributed by atoms with E-state index in [1.807, 2.05) is 41.1 Å². The van der Waals surface area contributed by atoms with Crippen molar-refractivity contribution >= 4 is 28.5 Å². The van der Waals surface area contributed by atoms with E-state index in [1.54, 1.807) is 6.26 Å². The van der Waals surface area contributed by atoms with Crippen molar-refractivity contribution in [1.29, 1.82) is 0 Å². The maximum atomic E-state index is 13.2. The third kappa shape index (κ3) is 8.11. The van der Waals surface area contributed by atoms with Gasteiger partial charge in [-0.2, -0.15) is 0 Å². The fourth-order valence-corrected chi connectivity index (χ4v) is 6.42. The number of nitrogens with one attached hydrogen (secondary N) is 1. The van der Waals surface area contributed by atoms with E-state index in [9.17, 15) is 9.00 Å². The normalized spacial score (nSPS) is 20.6. The van der Waals surface area contributed by atoms with Crippen molar-refractivity contribution < 1.29 is 14.5 Å². The summed E-state index contributed by atoms with van der Waals surface area (Å²) in [6.45, 7) is 4.41. The van der Waals surface area contributed by atoms with Crippen LogP contribution >= 0.6 is 11.6 Å². The van der Waals surface area contributed by atoms with Gasteiger partial charge in [-0.05, 0) is 36.6 Å². The van der Waals surface area contributed by atoms with Crippen LogP contribution in [0.2, 0.25) is 5.02 Å². The largest absolute Gasteiger partial charge is 0.412 e. The van der Waals surface area contributed by atoms with Crippen LogP contribution < -0.4 is 5.32 Å². The van der Waals surface area contributed by atoms with Crippen LogP contribution in [0.4, 0.5) is 0 Å². The average molecular weight is 538 g/mol. The number of hydrogen-bond acceptors (Lipinski definition) is 4. The molecule has 0 bridgehead atoms. The second-order valence-electron chi connectivity index (χ2n) is 9.86. The van der Waals surface area contributed by atoms with E-state index in [0.29, 0.717) is 32.6 Å². The molecule has 4 rings (SSSR count). The lowest BCUT2D eigenvalue weighted by atomic mass is 9.87. The molecule has 2 heterocycles. The zero-order valence-corrected chi connectivity index (χ0v) is 22.8. The molecule has 1 amide bonds. The van der Waals surface area contributed by atoms with E-state index in [-0.39, 0.29) is 17.4 Å². The molecule has 2 atom stereocenters. The molecule has 0 radical (unpaired) electrons. The van der Waals surface area contributed by atoms with Crippen LogP contribution in [-0.4, -0.2) is 79.4 Å². The van der Waals surface area contributed by atoms with Gasteiger partial charge in [0.2, 0.25) is 5.91 Å². The van der Waals surface area contributed by atoms with Crippen LogP contribution in [0.15, 0.2) is 36.8 Å². The van der Waals surface area contributed by atoms with Crippen molar-refractivity contribution in [2.45, 2.75) is 57.5 Å². The number of rotatable bonds is 10. The highest BCUT2D eigenvalue weighted by molar-refractivity contribution is 7.81. The molecule has 10 heteroatoms. The predicted octanol–water partition coefficient (Wildman–Crippen LogP) is 2.67. The Bertz CT molecular complexity index is 997. The lowest BCUT2D eigenvalue weighted by Crippen LogP contribution is -2.59. The van der Waals surface area contributed by atoms with Gasteiger partial charge < -0.3 is 15.4 Å².